The first-order valence-corrected chi connectivity index (χ1v) is 6.67. The molecule has 0 saturated heterocycles. The maximum atomic E-state index is 11.7. The third-order valence-electron chi connectivity index (χ3n) is 2.86. The molecule has 0 heterocycles. The van der Waals surface area contributed by atoms with Crippen molar-refractivity contribution in [2.24, 2.45) is 5.92 Å². The van der Waals surface area contributed by atoms with Crippen LogP contribution in [0.3, 0.4) is 0 Å². The zero-order valence-electron chi connectivity index (χ0n) is 11.8. The molecule has 3 heteroatoms. The molecule has 18 heavy (non-hydrogen) atoms. The summed E-state index contributed by atoms with van der Waals surface area (Å²) in [4.78, 5) is 11.7. The largest absolute Gasteiger partial charge is 0.385 e. The number of hydrogen-bond acceptors (Lipinski definition) is 2. The summed E-state index contributed by atoms with van der Waals surface area (Å²) in [5, 5.41) is 6.22. The van der Waals surface area contributed by atoms with Gasteiger partial charge in [0.1, 0.15) is 0 Å². The molecule has 0 spiro atoms. The number of carbonyl (C=O) groups excluding carboxylic acids is 1. The van der Waals surface area contributed by atoms with Crippen LogP contribution < -0.4 is 10.6 Å². The van der Waals surface area contributed by atoms with Crippen molar-refractivity contribution in [2.45, 2.75) is 34.1 Å². The van der Waals surface area contributed by atoms with Crippen molar-refractivity contribution in [2.75, 3.05) is 18.4 Å². The minimum Gasteiger partial charge on any atom is -0.385 e. The number of rotatable bonds is 6. The molecule has 0 unspecified atom stereocenters. The van der Waals surface area contributed by atoms with Gasteiger partial charge >= 0.3 is 0 Å². The molecule has 0 aliphatic heterocycles. The Morgan fingerprint density at radius 1 is 1.33 bits per heavy atom. The summed E-state index contributed by atoms with van der Waals surface area (Å²) in [6.07, 6.45) is 1.15. The highest BCUT2D eigenvalue weighted by atomic mass is 16.1. The lowest BCUT2D eigenvalue weighted by atomic mass is 10.1. The molecule has 1 rings (SSSR count). The summed E-state index contributed by atoms with van der Waals surface area (Å²) in [6, 6.07) is 5.79. The Bertz CT molecular complexity index is 399. The van der Waals surface area contributed by atoms with Gasteiger partial charge in [-0.1, -0.05) is 13.8 Å². The molecule has 0 radical (unpaired) electrons. The summed E-state index contributed by atoms with van der Waals surface area (Å²) < 4.78 is 0. The number of amides is 1. The van der Waals surface area contributed by atoms with Gasteiger partial charge in [-0.05, 0) is 49.9 Å². The third-order valence-corrected chi connectivity index (χ3v) is 2.86. The average Bonchev–Trinajstić information content (AvgIpc) is 2.31. The number of carbonyl (C=O) groups is 1. The van der Waals surface area contributed by atoms with Gasteiger partial charge in [-0.25, -0.2) is 0 Å². The number of aryl methyl sites for hydroxylation is 1. The zero-order chi connectivity index (χ0) is 13.5. The lowest BCUT2D eigenvalue weighted by molar-refractivity contribution is 0.0956. The first-order valence-electron chi connectivity index (χ1n) is 6.67. The Morgan fingerprint density at radius 2 is 2.06 bits per heavy atom. The molecule has 0 aromatic heterocycles. The van der Waals surface area contributed by atoms with Gasteiger partial charge in [-0.15, -0.1) is 0 Å². The highest BCUT2D eigenvalue weighted by Gasteiger charge is 2.06. The van der Waals surface area contributed by atoms with Crippen LogP contribution in [0.15, 0.2) is 18.2 Å². The second-order valence-electron chi connectivity index (χ2n) is 5.00. The van der Waals surface area contributed by atoms with Crippen LogP contribution in [-0.2, 0) is 0 Å². The molecule has 2 N–H and O–H groups in total. The van der Waals surface area contributed by atoms with Crippen LogP contribution in [-0.4, -0.2) is 19.0 Å². The number of anilines is 1. The van der Waals surface area contributed by atoms with Gasteiger partial charge in [0.2, 0.25) is 0 Å². The van der Waals surface area contributed by atoms with Gasteiger partial charge in [-0.2, -0.15) is 0 Å². The van der Waals surface area contributed by atoms with Crippen LogP contribution in [0.2, 0.25) is 0 Å². The smallest absolute Gasteiger partial charge is 0.251 e. The second-order valence-corrected chi connectivity index (χ2v) is 5.00. The van der Waals surface area contributed by atoms with E-state index in [4.69, 9.17) is 0 Å². The van der Waals surface area contributed by atoms with Crippen molar-refractivity contribution >= 4 is 11.6 Å². The van der Waals surface area contributed by atoms with Gasteiger partial charge in [0, 0.05) is 24.3 Å². The Morgan fingerprint density at radius 3 is 2.61 bits per heavy atom. The summed E-state index contributed by atoms with van der Waals surface area (Å²) in [6.45, 7) is 10.0. The average molecular weight is 248 g/mol. The van der Waals surface area contributed by atoms with Crippen LogP contribution in [0.4, 0.5) is 5.69 Å². The topological polar surface area (TPSA) is 41.1 Å². The maximum Gasteiger partial charge on any atom is 0.251 e. The third kappa shape index (κ3) is 4.40. The fourth-order valence-corrected chi connectivity index (χ4v) is 1.76. The van der Waals surface area contributed by atoms with E-state index < -0.39 is 0 Å². The fourth-order valence-electron chi connectivity index (χ4n) is 1.76. The minimum absolute atomic E-state index is 0.00525. The van der Waals surface area contributed by atoms with E-state index in [1.165, 1.54) is 0 Å². The molecule has 0 saturated carbocycles. The van der Waals surface area contributed by atoms with E-state index in [1.54, 1.807) is 0 Å². The SMILES string of the molecule is CCNC(=O)c1ccc(NCCC(C)C)c(C)c1. The Labute approximate surface area is 110 Å². The van der Waals surface area contributed by atoms with E-state index in [2.05, 4.69) is 24.5 Å². The van der Waals surface area contributed by atoms with Crippen LogP contribution in [0.1, 0.15) is 43.1 Å². The predicted octanol–water partition coefficient (Wildman–Crippen LogP) is 3.20. The second kappa shape index (κ2) is 7.04. The lowest BCUT2D eigenvalue weighted by Gasteiger charge is -2.12. The standard InChI is InChI=1S/C15H24N2O/c1-5-16-15(18)13-6-7-14(12(4)10-13)17-9-8-11(2)3/h6-7,10-11,17H,5,8-9H2,1-4H3,(H,16,18). The Hall–Kier alpha value is -1.51. The zero-order valence-corrected chi connectivity index (χ0v) is 11.8. The normalized spacial score (nSPS) is 10.5. The van der Waals surface area contributed by atoms with Crippen molar-refractivity contribution < 1.29 is 4.79 Å². The first-order chi connectivity index (χ1) is 8.54. The van der Waals surface area contributed by atoms with E-state index in [-0.39, 0.29) is 5.91 Å². The lowest BCUT2D eigenvalue weighted by Crippen LogP contribution is -2.22. The van der Waals surface area contributed by atoms with Crippen molar-refractivity contribution in [3.05, 3.63) is 29.3 Å². The first kappa shape index (κ1) is 14.6. The maximum absolute atomic E-state index is 11.7. The minimum atomic E-state index is -0.00525. The quantitative estimate of drug-likeness (QED) is 0.811. The molecule has 1 aromatic carbocycles. The van der Waals surface area contributed by atoms with Crippen molar-refractivity contribution in [1.82, 2.24) is 5.32 Å². The highest BCUT2D eigenvalue weighted by molar-refractivity contribution is 5.94. The van der Waals surface area contributed by atoms with E-state index >= 15 is 0 Å². The van der Waals surface area contributed by atoms with Gasteiger partial charge < -0.3 is 10.6 Å². The molecule has 0 aliphatic rings. The Balaban J connectivity index is 2.65. The summed E-state index contributed by atoms with van der Waals surface area (Å²) >= 11 is 0. The van der Waals surface area contributed by atoms with Gasteiger partial charge in [0.05, 0.1) is 0 Å². The van der Waals surface area contributed by atoms with Crippen LogP contribution in [0.25, 0.3) is 0 Å². The molecular weight excluding hydrogens is 224 g/mol. The summed E-state index contributed by atoms with van der Waals surface area (Å²) in [5.41, 5.74) is 2.95. The Kier molecular flexibility index (Phi) is 5.69. The van der Waals surface area contributed by atoms with E-state index in [0.29, 0.717) is 12.5 Å². The molecule has 0 atom stereocenters. The van der Waals surface area contributed by atoms with Gasteiger partial charge in [0.15, 0.2) is 0 Å². The highest BCUT2D eigenvalue weighted by Crippen LogP contribution is 2.17. The molecule has 0 aliphatic carbocycles. The van der Waals surface area contributed by atoms with Crippen molar-refractivity contribution in [3.63, 3.8) is 0 Å². The number of hydrogen-bond donors (Lipinski definition) is 2. The van der Waals surface area contributed by atoms with E-state index in [9.17, 15) is 4.79 Å². The number of benzene rings is 1. The predicted molar refractivity (Wildman–Crippen MR) is 77.1 cm³/mol. The molecule has 100 valence electrons. The van der Waals surface area contributed by atoms with Crippen LogP contribution >= 0.6 is 0 Å². The summed E-state index contributed by atoms with van der Waals surface area (Å²) in [5.74, 6) is 0.696. The van der Waals surface area contributed by atoms with Gasteiger partial charge in [0.25, 0.3) is 5.91 Å². The number of nitrogens with one attached hydrogen (secondary N) is 2. The van der Waals surface area contributed by atoms with Crippen molar-refractivity contribution in [1.29, 1.82) is 0 Å². The molecule has 1 amide bonds. The molecular formula is C15H24N2O. The molecule has 0 bridgehead atoms. The van der Waals surface area contributed by atoms with Crippen molar-refractivity contribution in [3.8, 4) is 0 Å². The van der Waals surface area contributed by atoms with E-state index in [0.717, 1.165) is 29.8 Å². The van der Waals surface area contributed by atoms with Gasteiger partial charge in [-0.3, -0.25) is 4.79 Å². The fraction of sp³-hybridized carbons (Fsp3) is 0.533. The summed E-state index contributed by atoms with van der Waals surface area (Å²) in [7, 11) is 0. The van der Waals surface area contributed by atoms with Crippen LogP contribution in [0.5, 0.6) is 0 Å². The monoisotopic (exact) mass is 248 g/mol. The molecule has 3 nitrogen and oxygen atoms in total. The molecule has 0 fully saturated rings. The van der Waals surface area contributed by atoms with Crippen LogP contribution in [0, 0.1) is 12.8 Å². The van der Waals surface area contributed by atoms with E-state index in [1.807, 2.05) is 32.0 Å². The molecule has 1 aromatic rings.